The zero-order valence-corrected chi connectivity index (χ0v) is 14.3. The van der Waals surface area contributed by atoms with Crippen molar-refractivity contribution in [3.8, 4) is 11.5 Å². The molecule has 1 N–H and O–H groups in total. The van der Waals surface area contributed by atoms with Crippen molar-refractivity contribution in [2.24, 2.45) is 0 Å². The molecule has 1 atom stereocenters. The van der Waals surface area contributed by atoms with Gasteiger partial charge in [-0.15, -0.1) is 10.2 Å². The number of hydrogen-bond acceptors (Lipinski definition) is 5. The van der Waals surface area contributed by atoms with E-state index in [1.807, 2.05) is 58.9 Å². The van der Waals surface area contributed by atoms with E-state index in [4.69, 9.17) is 4.42 Å². The Labute approximate surface area is 134 Å². The van der Waals surface area contributed by atoms with Gasteiger partial charge in [0.15, 0.2) is 0 Å². The Morgan fingerprint density at radius 1 is 1.23 bits per heavy atom. The Kier molecular flexibility index (Phi) is 4.90. The number of nitrogens with one attached hydrogen (secondary N) is 1. The summed E-state index contributed by atoms with van der Waals surface area (Å²) in [6.07, 6.45) is 0. The van der Waals surface area contributed by atoms with Gasteiger partial charge in [0.1, 0.15) is 0 Å². The number of rotatable bonds is 4. The minimum absolute atomic E-state index is 0.0485. The molecule has 0 bridgehead atoms. The molecule has 5 nitrogen and oxygen atoms in total. The number of carbonyl (C=O) groups excluding carboxylic acids is 1. The van der Waals surface area contributed by atoms with Crippen LogP contribution < -0.4 is 5.32 Å². The van der Waals surface area contributed by atoms with Gasteiger partial charge in [-0.1, -0.05) is 29.5 Å². The molecule has 2 aromatic rings. The van der Waals surface area contributed by atoms with Crippen molar-refractivity contribution in [1.82, 2.24) is 15.5 Å². The second kappa shape index (κ2) is 6.52. The Morgan fingerprint density at radius 2 is 1.86 bits per heavy atom. The van der Waals surface area contributed by atoms with Crippen LogP contribution in [-0.2, 0) is 4.79 Å². The van der Waals surface area contributed by atoms with Crippen LogP contribution in [0.3, 0.4) is 0 Å². The third-order valence-corrected chi connectivity index (χ3v) is 3.78. The van der Waals surface area contributed by atoms with E-state index in [-0.39, 0.29) is 16.7 Å². The first kappa shape index (κ1) is 16.5. The quantitative estimate of drug-likeness (QED) is 0.874. The summed E-state index contributed by atoms with van der Waals surface area (Å²) in [6, 6.07) is 7.86. The molecule has 118 valence electrons. The maximum Gasteiger partial charge on any atom is 0.277 e. The molecule has 1 aromatic heterocycles. The molecule has 0 saturated heterocycles. The number of nitrogens with zero attached hydrogens (tertiary/aromatic N) is 2. The standard InChI is InChI=1S/C16H21N3O2S/c1-10-6-8-12(9-7-10)14-18-19-15(21-14)22-11(2)13(20)17-16(3,4)5/h6-9,11H,1-5H3,(H,17,20)/t11-/m1/s1. The summed E-state index contributed by atoms with van der Waals surface area (Å²) in [5, 5.41) is 11.1. The van der Waals surface area contributed by atoms with Crippen LogP contribution in [0.25, 0.3) is 11.5 Å². The molecule has 22 heavy (non-hydrogen) atoms. The largest absolute Gasteiger partial charge is 0.411 e. The molecule has 0 unspecified atom stereocenters. The summed E-state index contributed by atoms with van der Waals surface area (Å²) in [7, 11) is 0. The van der Waals surface area contributed by atoms with E-state index >= 15 is 0 Å². The summed E-state index contributed by atoms with van der Waals surface area (Å²) in [4.78, 5) is 12.1. The second-order valence-electron chi connectivity index (χ2n) is 6.24. The molecule has 2 rings (SSSR count). The van der Waals surface area contributed by atoms with Gasteiger partial charge in [-0.3, -0.25) is 4.79 Å². The number of carbonyl (C=O) groups is 1. The van der Waals surface area contributed by atoms with Crippen LogP contribution in [0.15, 0.2) is 33.9 Å². The van der Waals surface area contributed by atoms with Crippen molar-refractivity contribution in [2.75, 3.05) is 0 Å². The van der Waals surface area contributed by atoms with Crippen molar-refractivity contribution in [3.05, 3.63) is 29.8 Å². The summed E-state index contributed by atoms with van der Waals surface area (Å²) in [6.45, 7) is 9.69. The number of benzene rings is 1. The molecular weight excluding hydrogens is 298 g/mol. The molecule has 0 aliphatic carbocycles. The van der Waals surface area contributed by atoms with E-state index in [0.717, 1.165) is 5.56 Å². The molecule has 1 heterocycles. The highest BCUT2D eigenvalue weighted by Crippen LogP contribution is 2.26. The monoisotopic (exact) mass is 319 g/mol. The van der Waals surface area contributed by atoms with Gasteiger partial charge in [0.2, 0.25) is 11.8 Å². The topological polar surface area (TPSA) is 68.0 Å². The number of hydrogen-bond donors (Lipinski definition) is 1. The first-order valence-electron chi connectivity index (χ1n) is 7.14. The normalized spacial score (nSPS) is 13.0. The molecule has 0 radical (unpaired) electrons. The SMILES string of the molecule is Cc1ccc(-c2nnc(S[C@H](C)C(=O)NC(C)(C)C)o2)cc1. The van der Waals surface area contributed by atoms with Crippen LogP contribution in [-0.4, -0.2) is 26.9 Å². The molecule has 0 aliphatic rings. The average molecular weight is 319 g/mol. The molecular formula is C16H21N3O2S. The van der Waals surface area contributed by atoms with E-state index in [0.29, 0.717) is 11.1 Å². The Morgan fingerprint density at radius 3 is 2.45 bits per heavy atom. The van der Waals surface area contributed by atoms with Crippen LogP contribution in [0.5, 0.6) is 0 Å². The molecule has 6 heteroatoms. The van der Waals surface area contributed by atoms with Crippen molar-refractivity contribution < 1.29 is 9.21 Å². The zero-order chi connectivity index (χ0) is 16.3. The summed E-state index contributed by atoms with van der Waals surface area (Å²) < 4.78 is 5.62. The van der Waals surface area contributed by atoms with E-state index in [1.54, 1.807) is 0 Å². The highest BCUT2D eigenvalue weighted by Gasteiger charge is 2.22. The number of thioether (sulfide) groups is 1. The molecule has 1 amide bonds. The highest BCUT2D eigenvalue weighted by atomic mass is 32.2. The highest BCUT2D eigenvalue weighted by molar-refractivity contribution is 8.00. The van der Waals surface area contributed by atoms with Crippen LogP contribution in [0.2, 0.25) is 0 Å². The first-order valence-corrected chi connectivity index (χ1v) is 8.02. The van der Waals surface area contributed by atoms with E-state index in [2.05, 4.69) is 15.5 Å². The van der Waals surface area contributed by atoms with Gasteiger partial charge in [-0.2, -0.15) is 0 Å². The van der Waals surface area contributed by atoms with Crippen LogP contribution in [0.1, 0.15) is 33.3 Å². The van der Waals surface area contributed by atoms with Gasteiger partial charge >= 0.3 is 0 Å². The lowest BCUT2D eigenvalue weighted by molar-refractivity contribution is -0.121. The summed E-state index contributed by atoms with van der Waals surface area (Å²) >= 11 is 1.26. The fraction of sp³-hybridized carbons (Fsp3) is 0.438. The molecule has 0 fully saturated rings. The van der Waals surface area contributed by atoms with Crippen molar-refractivity contribution >= 4 is 17.7 Å². The first-order chi connectivity index (χ1) is 10.2. The van der Waals surface area contributed by atoms with E-state index in [1.165, 1.54) is 17.3 Å². The van der Waals surface area contributed by atoms with Crippen LogP contribution >= 0.6 is 11.8 Å². The van der Waals surface area contributed by atoms with Gasteiger partial charge in [0.25, 0.3) is 5.22 Å². The molecule has 0 aliphatic heterocycles. The lowest BCUT2D eigenvalue weighted by Gasteiger charge is -2.22. The molecule has 0 spiro atoms. The Bertz CT molecular complexity index is 644. The molecule has 0 saturated carbocycles. The van der Waals surface area contributed by atoms with Gasteiger partial charge in [-0.05, 0) is 46.8 Å². The lowest BCUT2D eigenvalue weighted by atomic mass is 10.1. The summed E-state index contributed by atoms with van der Waals surface area (Å²) in [5.74, 6) is 0.415. The van der Waals surface area contributed by atoms with E-state index in [9.17, 15) is 4.79 Å². The van der Waals surface area contributed by atoms with Gasteiger partial charge in [-0.25, -0.2) is 0 Å². The fourth-order valence-corrected chi connectivity index (χ4v) is 2.43. The second-order valence-corrected chi connectivity index (χ2v) is 7.53. The third-order valence-electron chi connectivity index (χ3n) is 2.85. The maximum atomic E-state index is 12.1. The number of aromatic nitrogens is 2. The summed E-state index contributed by atoms with van der Waals surface area (Å²) in [5.41, 5.74) is 1.79. The predicted molar refractivity (Wildman–Crippen MR) is 87.7 cm³/mol. The van der Waals surface area contributed by atoms with Gasteiger partial charge in [0.05, 0.1) is 5.25 Å². The Balaban J connectivity index is 2.03. The van der Waals surface area contributed by atoms with Crippen molar-refractivity contribution in [1.29, 1.82) is 0 Å². The number of amides is 1. The minimum atomic E-state index is -0.300. The smallest absolute Gasteiger partial charge is 0.277 e. The minimum Gasteiger partial charge on any atom is -0.411 e. The average Bonchev–Trinajstić information content (AvgIpc) is 2.86. The van der Waals surface area contributed by atoms with Gasteiger partial charge in [0, 0.05) is 11.1 Å². The fourth-order valence-electron chi connectivity index (χ4n) is 1.75. The predicted octanol–water partition coefficient (Wildman–Crippen LogP) is 3.44. The van der Waals surface area contributed by atoms with Crippen LogP contribution in [0.4, 0.5) is 0 Å². The third kappa shape index (κ3) is 4.59. The molecule has 1 aromatic carbocycles. The Hall–Kier alpha value is -1.82. The zero-order valence-electron chi connectivity index (χ0n) is 13.5. The van der Waals surface area contributed by atoms with E-state index < -0.39 is 0 Å². The maximum absolute atomic E-state index is 12.1. The van der Waals surface area contributed by atoms with Crippen molar-refractivity contribution in [2.45, 2.75) is 50.6 Å². The van der Waals surface area contributed by atoms with Crippen molar-refractivity contribution in [3.63, 3.8) is 0 Å². The number of aryl methyl sites for hydroxylation is 1. The van der Waals surface area contributed by atoms with Gasteiger partial charge < -0.3 is 9.73 Å². The lowest BCUT2D eigenvalue weighted by Crippen LogP contribution is -2.44. The van der Waals surface area contributed by atoms with Crippen LogP contribution in [0, 0.1) is 6.92 Å².